The van der Waals surface area contributed by atoms with Crippen LogP contribution in [0.4, 0.5) is 17.1 Å². The molecule has 0 unspecified atom stereocenters. The lowest BCUT2D eigenvalue weighted by molar-refractivity contribution is 0.660. The average molecular weight is 679 g/mol. The zero-order valence-electron chi connectivity index (χ0n) is 29.9. The number of fused-ring (bicyclic) bond motifs is 6. The van der Waals surface area contributed by atoms with Crippen molar-refractivity contribution in [3.8, 4) is 39.1 Å². The topological polar surface area (TPSA) is 8.17 Å². The highest BCUT2D eigenvalue weighted by molar-refractivity contribution is 6.10. The number of anilines is 3. The number of hydrogen-bond acceptors (Lipinski definition) is 1. The molecule has 9 aromatic rings. The molecule has 252 valence electrons. The summed E-state index contributed by atoms with van der Waals surface area (Å²) in [6.45, 7) is 4.68. The van der Waals surface area contributed by atoms with Gasteiger partial charge in [0.1, 0.15) is 0 Å². The van der Waals surface area contributed by atoms with E-state index in [9.17, 15) is 0 Å². The fourth-order valence-electron chi connectivity index (χ4n) is 8.56. The third-order valence-corrected chi connectivity index (χ3v) is 11.2. The zero-order chi connectivity index (χ0) is 35.5. The largest absolute Gasteiger partial charge is 0.310 e. The second-order valence-electron chi connectivity index (χ2n) is 14.6. The summed E-state index contributed by atoms with van der Waals surface area (Å²) < 4.78 is 2.37. The minimum atomic E-state index is -0.0468. The first-order valence-corrected chi connectivity index (χ1v) is 18.4. The predicted molar refractivity (Wildman–Crippen MR) is 224 cm³/mol. The van der Waals surface area contributed by atoms with Gasteiger partial charge in [-0.1, -0.05) is 141 Å². The lowest BCUT2D eigenvalue weighted by Gasteiger charge is -2.28. The van der Waals surface area contributed by atoms with Gasteiger partial charge in [0, 0.05) is 38.9 Å². The number of hydrogen-bond donors (Lipinski definition) is 0. The maximum absolute atomic E-state index is 2.41. The number of aromatic nitrogens is 1. The summed E-state index contributed by atoms with van der Waals surface area (Å²) in [6, 6.07) is 70.8. The van der Waals surface area contributed by atoms with Gasteiger partial charge in [-0.05, 0) is 111 Å². The Balaban J connectivity index is 1.12. The lowest BCUT2D eigenvalue weighted by atomic mass is 9.82. The molecule has 0 saturated heterocycles. The minimum absolute atomic E-state index is 0.0468. The maximum Gasteiger partial charge on any atom is 0.0541 e. The summed E-state index contributed by atoms with van der Waals surface area (Å²) >= 11 is 0. The summed E-state index contributed by atoms with van der Waals surface area (Å²) in [5.41, 5.74) is 17.1. The highest BCUT2D eigenvalue weighted by Gasteiger charge is 2.35. The Morgan fingerprint density at radius 2 is 0.962 bits per heavy atom. The van der Waals surface area contributed by atoms with Crippen molar-refractivity contribution in [3.63, 3.8) is 0 Å². The molecule has 2 nitrogen and oxygen atoms in total. The van der Waals surface area contributed by atoms with Crippen LogP contribution in [0.1, 0.15) is 25.0 Å². The third kappa shape index (κ3) is 5.10. The van der Waals surface area contributed by atoms with Gasteiger partial charge < -0.3 is 9.47 Å². The molecular formula is C51H38N2. The highest BCUT2D eigenvalue weighted by atomic mass is 15.1. The predicted octanol–water partition coefficient (Wildman–Crippen LogP) is 13.9. The molecule has 10 rings (SSSR count). The van der Waals surface area contributed by atoms with Crippen LogP contribution in [0.25, 0.3) is 60.9 Å². The van der Waals surface area contributed by atoms with Crippen LogP contribution in [-0.2, 0) is 5.41 Å². The normalized spacial score (nSPS) is 12.9. The molecule has 0 radical (unpaired) electrons. The van der Waals surface area contributed by atoms with Gasteiger partial charge in [-0.25, -0.2) is 0 Å². The Hall–Kier alpha value is -6.64. The van der Waals surface area contributed by atoms with Crippen LogP contribution in [0.2, 0.25) is 0 Å². The van der Waals surface area contributed by atoms with E-state index in [2.05, 4.69) is 217 Å². The smallest absolute Gasteiger partial charge is 0.0541 e. The molecule has 0 spiro atoms. The van der Waals surface area contributed by atoms with E-state index < -0.39 is 0 Å². The van der Waals surface area contributed by atoms with Crippen molar-refractivity contribution in [2.24, 2.45) is 0 Å². The SMILES string of the molecule is CC1(C)c2ccccc2-c2cc(N(c3ccc(-c4ccccc4)cc3)c3cccc(-c4ccc5c(c4)c4ccccc4n5-c4ccccc4)c3)ccc21. The second kappa shape index (κ2) is 12.3. The molecule has 0 fully saturated rings. The summed E-state index contributed by atoms with van der Waals surface area (Å²) in [4.78, 5) is 2.41. The first-order valence-electron chi connectivity index (χ1n) is 18.4. The average Bonchev–Trinajstić information content (AvgIpc) is 3.67. The van der Waals surface area contributed by atoms with Crippen LogP contribution < -0.4 is 4.90 Å². The molecule has 1 aliphatic carbocycles. The summed E-state index contributed by atoms with van der Waals surface area (Å²) in [6.07, 6.45) is 0. The zero-order valence-corrected chi connectivity index (χ0v) is 29.9. The van der Waals surface area contributed by atoms with Gasteiger partial charge in [-0.2, -0.15) is 0 Å². The van der Waals surface area contributed by atoms with Gasteiger partial charge in [0.15, 0.2) is 0 Å². The molecule has 0 bridgehead atoms. The molecule has 0 amide bonds. The van der Waals surface area contributed by atoms with Crippen molar-refractivity contribution >= 4 is 38.9 Å². The van der Waals surface area contributed by atoms with E-state index in [4.69, 9.17) is 0 Å². The molecule has 53 heavy (non-hydrogen) atoms. The van der Waals surface area contributed by atoms with Gasteiger partial charge in [0.2, 0.25) is 0 Å². The van der Waals surface area contributed by atoms with Crippen LogP contribution in [0.15, 0.2) is 194 Å². The van der Waals surface area contributed by atoms with Gasteiger partial charge in [-0.3, -0.25) is 0 Å². The van der Waals surface area contributed by atoms with E-state index in [0.717, 1.165) is 17.1 Å². The van der Waals surface area contributed by atoms with Crippen LogP contribution in [0.5, 0.6) is 0 Å². The molecule has 1 aromatic heterocycles. The molecule has 0 N–H and O–H groups in total. The van der Waals surface area contributed by atoms with E-state index in [1.165, 1.54) is 72.0 Å². The fraction of sp³-hybridized carbons (Fsp3) is 0.0588. The molecule has 1 aliphatic rings. The van der Waals surface area contributed by atoms with Gasteiger partial charge >= 0.3 is 0 Å². The molecule has 8 aromatic carbocycles. The Kier molecular flexibility index (Phi) is 7.19. The van der Waals surface area contributed by atoms with Crippen molar-refractivity contribution < 1.29 is 0 Å². The van der Waals surface area contributed by atoms with Crippen LogP contribution >= 0.6 is 0 Å². The summed E-state index contributed by atoms with van der Waals surface area (Å²) in [5.74, 6) is 0. The number of benzene rings is 8. The molecule has 0 aliphatic heterocycles. The van der Waals surface area contributed by atoms with Crippen molar-refractivity contribution in [3.05, 3.63) is 205 Å². The summed E-state index contributed by atoms with van der Waals surface area (Å²) in [5, 5.41) is 2.51. The summed E-state index contributed by atoms with van der Waals surface area (Å²) in [7, 11) is 0. The molecule has 2 heteroatoms. The Bertz CT molecular complexity index is 2790. The van der Waals surface area contributed by atoms with Crippen LogP contribution in [0.3, 0.4) is 0 Å². The minimum Gasteiger partial charge on any atom is -0.310 e. The van der Waals surface area contributed by atoms with E-state index >= 15 is 0 Å². The molecule has 1 heterocycles. The van der Waals surface area contributed by atoms with E-state index in [1.54, 1.807) is 0 Å². The second-order valence-corrected chi connectivity index (χ2v) is 14.6. The molecular weight excluding hydrogens is 641 g/mol. The Morgan fingerprint density at radius 3 is 1.79 bits per heavy atom. The van der Waals surface area contributed by atoms with Crippen molar-refractivity contribution in [2.75, 3.05) is 4.90 Å². The van der Waals surface area contributed by atoms with Crippen molar-refractivity contribution in [1.29, 1.82) is 0 Å². The first-order chi connectivity index (χ1) is 26.0. The Morgan fingerprint density at radius 1 is 0.377 bits per heavy atom. The maximum atomic E-state index is 2.41. The number of nitrogens with zero attached hydrogens (tertiary/aromatic N) is 2. The molecule has 0 saturated carbocycles. The quantitative estimate of drug-likeness (QED) is 0.170. The van der Waals surface area contributed by atoms with Crippen LogP contribution in [-0.4, -0.2) is 4.57 Å². The Labute approximate surface area is 310 Å². The number of para-hydroxylation sites is 2. The van der Waals surface area contributed by atoms with Crippen LogP contribution in [0, 0.1) is 0 Å². The van der Waals surface area contributed by atoms with E-state index in [0.29, 0.717) is 0 Å². The van der Waals surface area contributed by atoms with Gasteiger partial charge in [-0.15, -0.1) is 0 Å². The highest BCUT2D eigenvalue weighted by Crippen LogP contribution is 2.50. The third-order valence-electron chi connectivity index (χ3n) is 11.2. The lowest BCUT2D eigenvalue weighted by Crippen LogP contribution is -2.15. The fourth-order valence-corrected chi connectivity index (χ4v) is 8.56. The standard InChI is InChI=1S/C51H38N2/c1-51(2)47-22-11-9-20-43(47)45-34-42(29-30-48(45)51)52(40-27-24-36(25-28-40)35-14-5-3-6-15-35)41-19-13-16-37(32-41)38-26-31-50-46(33-38)44-21-10-12-23-49(44)53(50)39-17-7-4-8-18-39/h3-34H,1-2H3. The van der Waals surface area contributed by atoms with E-state index in [1.807, 2.05) is 0 Å². The van der Waals surface area contributed by atoms with E-state index in [-0.39, 0.29) is 5.41 Å². The first kappa shape index (κ1) is 31.1. The molecule has 0 atom stereocenters. The number of rotatable bonds is 6. The van der Waals surface area contributed by atoms with Crippen molar-refractivity contribution in [1.82, 2.24) is 4.57 Å². The van der Waals surface area contributed by atoms with Gasteiger partial charge in [0.05, 0.1) is 11.0 Å². The monoisotopic (exact) mass is 678 g/mol. The van der Waals surface area contributed by atoms with Gasteiger partial charge in [0.25, 0.3) is 0 Å². The van der Waals surface area contributed by atoms with Crippen molar-refractivity contribution in [2.45, 2.75) is 19.3 Å².